The van der Waals surface area contributed by atoms with E-state index in [4.69, 9.17) is 16.3 Å². The van der Waals surface area contributed by atoms with Crippen molar-refractivity contribution in [3.05, 3.63) is 41.0 Å². The molecule has 3 nitrogen and oxygen atoms in total. The monoisotopic (exact) mass is 251 g/mol. The quantitative estimate of drug-likeness (QED) is 0.909. The summed E-state index contributed by atoms with van der Waals surface area (Å²) < 4.78 is 5.22. The summed E-state index contributed by atoms with van der Waals surface area (Å²) in [5, 5.41) is 11.5. The highest BCUT2D eigenvalue weighted by atomic mass is 35.5. The van der Waals surface area contributed by atoms with Crippen LogP contribution in [0.25, 0.3) is 10.9 Å². The molecule has 0 saturated carbocycles. The van der Waals surface area contributed by atoms with E-state index in [-0.39, 0.29) is 6.61 Å². The minimum absolute atomic E-state index is 0.268. The van der Waals surface area contributed by atoms with Crippen LogP contribution in [0.15, 0.2) is 30.5 Å². The first-order chi connectivity index (χ1) is 8.24. The first-order valence-electron chi connectivity index (χ1n) is 5.53. The molecule has 1 aromatic heterocycles. The number of pyridine rings is 1. The number of ether oxygens (including phenoxy) is 1. The number of hydrogen-bond donors (Lipinski definition) is 1. The number of nitrogens with zero attached hydrogens (tertiary/aromatic N) is 1. The number of benzene rings is 1. The number of aliphatic hydroxyl groups excluding tert-OH is 1. The molecule has 0 saturated heterocycles. The van der Waals surface area contributed by atoms with Crippen molar-refractivity contribution in [2.75, 3.05) is 13.2 Å². The van der Waals surface area contributed by atoms with Crippen LogP contribution in [-0.2, 0) is 4.74 Å². The van der Waals surface area contributed by atoms with Gasteiger partial charge in [-0.1, -0.05) is 17.7 Å². The van der Waals surface area contributed by atoms with Gasteiger partial charge < -0.3 is 9.84 Å². The van der Waals surface area contributed by atoms with Gasteiger partial charge in [-0.3, -0.25) is 4.98 Å². The molecule has 0 aliphatic heterocycles. The Bertz CT molecular complexity index is 516. The van der Waals surface area contributed by atoms with E-state index in [9.17, 15) is 5.11 Å². The third-order valence-corrected chi connectivity index (χ3v) is 2.92. The highest BCUT2D eigenvalue weighted by Gasteiger charge is 2.13. The summed E-state index contributed by atoms with van der Waals surface area (Å²) in [5.41, 5.74) is 1.48. The van der Waals surface area contributed by atoms with E-state index in [0.717, 1.165) is 16.5 Å². The van der Waals surface area contributed by atoms with Gasteiger partial charge in [0.15, 0.2) is 0 Å². The van der Waals surface area contributed by atoms with Crippen LogP contribution < -0.4 is 0 Å². The Kier molecular flexibility index (Phi) is 3.94. The van der Waals surface area contributed by atoms with E-state index in [0.29, 0.717) is 11.6 Å². The summed E-state index contributed by atoms with van der Waals surface area (Å²) >= 11 is 6.09. The van der Waals surface area contributed by atoms with Gasteiger partial charge in [0.05, 0.1) is 12.1 Å². The second-order valence-corrected chi connectivity index (χ2v) is 4.12. The van der Waals surface area contributed by atoms with Gasteiger partial charge in [0, 0.05) is 28.8 Å². The third kappa shape index (κ3) is 2.57. The molecule has 1 N–H and O–H groups in total. The number of halogens is 1. The first kappa shape index (κ1) is 12.3. The number of rotatable bonds is 4. The Hall–Kier alpha value is -1.16. The smallest absolute Gasteiger partial charge is 0.104 e. The van der Waals surface area contributed by atoms with E-state index in [2.05, 4.69) is 4.98 Å². The second-order valence-electron chi connectivity index (χ2n) is 3.71. The van der Waals surface area contributed by atoms with Crippen molar-refractivity contribution in [2.45, 2.75) is 13.0 Å². The van der Waals surface area contributed by atoms with Crippen LogP contribution in [-0.4, -0.2) is 23.3 Å². The molecule has 2 aromatic rings. The van der Waals surface area contributed by atoms with Crippen molar-refractivity contribution in [3.8, 4) is 0 Å². The molecule has 0 bridgehead atoms. The lowest BCUT2D eigenvalue weighted by Gasteiger charge is -2.13. The zero-order chi connectivity index (χ0) is 12.3. The van der Waals surface area contributed by atoms with E-state index < -0.39 is 6.10 Å². The maximum Gasteiger partial charge on any atom is 0.104 e. The highest BCUT2D eigenvalue weighted by Crippen LogP contribution is 2.28. The number of fused-ring (bicyclic) bond motifs is 1. The molecule has 0 amide bonds. The molecule has 1 atom stereocenters. The normalized spacial score (nSPS) is 12.9. The summed E-state index contributed by atoms with van der Waals surface area (Å²) in [6, 6.07) is 7.28. The molecule has 0 aliphatic rings. The van der Waals surface area contributed by atoms with Crippen molar-refractivity contribution in [2.24, 2.45) is 0 Å². The first-order valence-corrected chi connectivity index (χ1v) is 5.90. The van der Waals surface area contributed by atoms with E-state index in [1.54, 1.807) is 18.3 Å². The molecule has 0 radical (unpaired) electrons. The third-order valence-electron chi connectivity index (χ3n) is 2.59. The topological polar surface area (TPSA) is 42.4 Å². The summed E-state index contributed by atoms with van der Waals surface area (Å²) in [6.07, 6.45) is 1.01. The molecule has 1 aromatic carbocycles. The molecule has 1 heterocycles. The molecule has 1 unspecified atom stereocenters. The minimum Gasteiger partial charge on any atom is -0.386 e. The average Bonchev–Trinajstić information content (AvgIpc) is 2.37. The van der Waals surface area contributed by atoms with Gasteiger partial charge in [0.2, 0.25) is 0 Å². The van der Waals surface area contributed by atoms with Crippen molar-refractivity contribution >= 4 is 22.5 Å². The molecule has 0 spiro atoms. The predicted molar refractivity (Wildman–Crippen MR) is 68.2 cm³/mol. The second kappa shape index (κ2) is 5.45. The van der Waals surface area contributed by atoms with Crippen molar-refractivity contribution in [3.63, 3.8) is 0 Å². The largest absolute Gasteiger partial charge is 0.386 e. The number of aromatic nitrogens is 1. The fourth-order valence-corrected chi connectivity index (χ4v) is 1.96. The summed E-state index contributed by atoms with van der Waals surface area (Å²) in [4.78, 5) is 4.27. The molecule has 2 rings (SSSR count). The van der Waals surface area contributed by atoms with Crippen LogP contribution in [0.1, 0.15) is 18.6 Å². The maximum absolute atomic E-state index is 10.0. The van der Waals surface area contributed by atoms with Crippen LogP contribution in [0.5, 0.6) is 0 Å². The standard InChI is InChI=1S/C13H14ClNO2/c1-2-17-8-12(16)10-5-6-11(14)9-4-3-7-15-13(9)10/h3-7,12,16H,2,8H2,1H3. The average molecular weight is 252 g/mol. The van der Waals surface area contributed by atoms with Crippen molar-refractivity contribution in [1.82, 2.24) is 4.98 Å². The molecule has 17 heavy (non-hydrogen) atoms. The van der Waals surface area contributed by atoms with Crippen LogP contribution in [0.2, 0.25) is 5.02 Å². The van der Waals surface area contributed by atoms with Crippen molar-refractivity contribution < 1.29 is 9.84 Å². The molecular formula is C13H14ClNO2. The molecule has 90 valence electrons. The lowest BCUT2D eigenvalue weighted by Crippen LogP contribution is -2.08. The van der Waals surface area contributed by atoms with Gasteiger partial charge in [-0.15, -0.1) is 0 Å². The fourth-order valence-electron chi connectivity index (χ4n) is 1.75. The Morgan fingerprint density at radius 2 is 2.24 bits per heavy atom. The fraction of sp³-hybridized carbons (Fsp3) is 0.308. The Balaban J connectivity index is 2.44. The van der Waals surface area contributed by atoms with Crippen LogP contribution >= 0.6 is 11.6 Å². The Morgan fingerprint density at radius 3 is 3.00 bits per heavy atom. The summed E-state index contributed by atoms with van der Waals surface area (Å²) in [7, 11) is 0. The van der Waals surface area contributed by atoms with E-state index in [1.807, 2.05) is 19.1 Å². The highest BCUT2D eigenvalue weighted by molar-refractivity contribution is 6.35. The molecular weight excluding hydrogens is 238 g/mol. The van der Waals surface area contributed by atoms with Gasteiger partial charge in [-0.2, -0.15) is 0 Å². The van der Waals surface area contributed by atoms with Gasteiger partial charge in [0.1, 0.15) is 6.10 Å². The molecule has 4 heteroatoms. The number of aliphatic hydroxyl groups is 1. The van der Waals surface area contributed by atoms with Gasteiger partial charge in [-0.25, -0.2) is 0 Å². The Labute approximate surface area is 105 Å². The van der Waals surface area contributed by atoms with Gasteiger partial charge in [0.25, 0.3) is 0 Å². The summed E-state index contributed by atoms with van der Waals surface area (Å²) in [6.45, 7) is 2.74. The minimum atomic E-state index is -0.676. The molecule has 0 aliphatic carbocycles. The van der Waals surface area contributed by atoms with E-state index in [1.165, 1.54) is 0 Å². The van der Waals surface area contributed by atoms with Crippen molar-refractivity contribution in [1.29, 1.82) is 0 Å². The zero-order valence-electron chi connectivity index (χ0n) is 9.56. The summed E-state index contributed by atoms with van der Waals surface area (Å²) in [5.74, 6) is 0. The maximum atomic E-state index is 10.0. The van der Waals surface area contributed by atoms with Crippen LogP contribution in [0.4, 0.5) is 0 Å². The zero-order valence-corrected chi connectivity index (χ0v) is 10.3. The molecule has 0 fully saturated rings. The van der Waals surface area contributed by atoms with E-state index >= 15 is 0 Å². The van der Waals surface area contributed by atoms with Crippen LogP contribution in [0.3, 0.4) is 0 Å². The lowest BCUT2D eigenvalue weighted by molar-refractivity contribution is 0.0427. The number of hydrogen-bond acceptors (Lipinski definition) is 3. The van der Waals surface area contributed by atoms with Gasteiger partial charge in [-0.05, 0) is 25.1 Å². The lowest BCUT2D eigenvalue weighted by atomic mass is 10.1. The predicted octanol–water partition coefficient (Wildman–Crippen LogP) is 2.96. The van der Waals surface area contributed by atoms with Gasteiger partial charge >= 0.3 is 0 Å². The van der Waals surface area contributed by atoms with Crippen LogP contribution in [0, 0.1) is 0 Å². The SMILES string of the molecule is CCOCC(O)c1ccc(Cl)c2cccnc12. The Morgan fingerprint density at radius 1 is 1.41 bits per heavy atom.